The molecule has 2 aromatic rings. The van der Waals surface area contributed by atoms with Gasteiger partial charge in [-0.05, 0) is 37.6 Å². The molecular formula is C16H16N2O3. The number of rotatable bonds is 4. The van der Waals surface area contributed by atoms with E-state index in [1.54, 1.807) is 30.5 Å². The maximum absolute atomic E-state index is 12.0. The number of nitrogens with zero attached hydrogens (tertiary/aromatic N) is 1. The molecular weight excluding hydrogens is 268 g/mol. The number of hydrogen-bond donors (Lipinski definition) is 2. The summed E-state index contributed by atoms with van der Waals surface area (Å²) in [5.41, 5.74) is 2.06. The number of amides is 1. The summed E-state index contributed by atoms with van der Waals surface area (Å²) in [7, 11) is 0. The van der Waals surface area contributed by atoms with E-state index in [9.17, 15) is 9.59 Å². The number of carboxylic acid groups (broad SMARTS) is 1. The second-order valence-electron chi connectivity index (χ2n) is 4.98. The molecule has 108 valence electrons. The zero-order chi connectivity index (χ0) is 15.4. The molecule has 0 unspecified atom stereocenters. The standard InChI is InChI=1S/C16H16N2O3/c1-10(2)18-15(19)14-7-13(8-17-9-14)11-4-3-5-12(6-11)16(20)21/h3-10H,1-2H3,(H,18,19)(H,20,21). The number of aromatic nitrogens is 1. The molecule has 1 aromatic heterocycles. The monoisotopic (exact) mass is 284 g/mol. The summed E-state index contributed by atoms with van der Waals surface area (Å²) in [5, 5.41) is 11.8. The van der Waals surface area contributed by atoms with Crippen LogP contribution in [0.25, 0.3) is 11.1 Å². The van der Waals surface area contributed by atoms with Gasteiger partial charge >= 0.3 is 5.97 Å². The van der Waals surface area contributed by atoms with Crippen LogP contribution in [-0.2, 0) is 0 Å². The van der Waals surface area contributed by atoms with E-state index >= 15 is 0 Å². The molecule has 0 atom stereocenters. The van der Waals surface area contributed by atoms with E-state index in [1.165, 1.54) is 12.3 Å². The lowest BCUT2D eigenvalue weighted by Crippen LogP contribution is -2.30. The number of carbonyl (C=O) groups is 2. The van der Waals surface area contributed by atoms with Crippen molar-refractivity contribution in [2.75, 3.05) is 0 Å². The predicted molar refractivity (Wildman–Crippen MR) is 79.2 cm³/mol. The molecule has 5 nitrogen and oxygen atoms in total. The summed E-state index contributed by atoms with van der Waals surface area (Å²) in [6.45, 7) is 3.76. The number of hydrogen-bond acceptors (Lipinski definition) is 3. The van der Waals surface area contributed by atoms with Crippen LogP contribution in [0.4, 0.5) is 0 Å². The average molecular weight is 284 g/mol. The fourth-order valence-corrected chi connectivity index (χ4v) is 1.90. The Hall–Kier alpha value is -2.69. The van der Waals surface area contributed by atoms with Gasteiger partial charge in [-0.15, -0.1) is 0 Å². The van der Waals surface area contributed by atoms with Crippen molar-refractivity contribution in [2.45, 2.75) is 19.9 Å². The molecule has 0 spiro atoms. The Balaban J connectivity index is 2.35. The molecule has 21 heavy (non-hydrogen) atoms. The van der Waals surface area contributed by atoms with E-state index in [0.717, 1.165) is 0 Å². The van der Waals surface area contributed by atoms with Gasteiger partial charge in [-0.25, -0.2) is 4.79 Å². The largest absolute Gasteiger partial charge is 0.478 e. The highest BCUT2D eigenvalue weighted by atomic mass is 16.4. The van der Waals surface area contributed by atoms with Crippen LogP contribution in [0.2, 0.25) is 0 Å². The van der Waals surface area contributed by atoms with Crippen LogP contribution in [0, 0.1) is 0 Å². The summed E-state index contributed by atoms with van der Waals surface area (Å²) in [4.78, 5) is 27.0. The molecule has 5 heteroatoms. The van der Waals surface area contributed by atoms with Crippen molar-refractivity contribution < 1.29 is 14.7 Å². The van der Waals surface area contributed by atoms with Crippen molar-refractivity contribution in [2.24, 2.45) is 0 Å². The highest BCUT2D eigenvalue weighted by Gasteiger charge is 2.10. The van der Waals surface area contributed by atoms with Gasteiger partial charge < -0.3 is 10.4 Å². The van der Waals surface area contributed by atoms with Crippen LogP contribution >= 0.6 is 0 Å². The van der Waals surface area contributed by atoms with E-state index in [1.807, 2.05) is 13.8 Å². The first-order valence-electron chi connectivity index (χ1n) is 6.57. The van der Waals surface area contributed by atoms with E-state index in [4.69, 9.17) is 5.11 Å². The van der Waals surface area contributed by atoms with Crippen molar-refractivity contribution in [3.63, 3.8) is 0 Å². The minimum atomic E-state index is -0.987. The van der Waals surface area contributed by atoms with E-state index in [2.05, 4.69) is 10.3 Å². The number of benzene rings is 1. The molecule has 0 fully saturated rings. The van der Waals surface area contributed by atoms with Gasteiger partial charge in [-0.2, -0.15) is 0 Å². The van der Waals surface area contributed by atoms with Crippen LogP contribution in [0.3, 0.4) is 0 Å². The number of pyridine rings is 1. The van der Waals surface area contributed by atoms with Crippen LogP contribution in [-0.4, -0.2) is 28.0 Å². The Morgan fingerprint density at radius 1 is 1.10 bits per heavy atom. The first kappa shape index (κ1) is 14.7. The normalized spacial score (nSPS) is 10.4. The molecule has 2 rings (SSSR count). The van der Waals surface area contributed by atoms with E-state index in [-0.39, 0.29) is 17.5 Å². The van der Waals surface area contributed by atoms with Crippen molar-refractivity contribution >= 4 is 11.9 Å². The average Bonchev–Trinajstić information content (AvgIpc) is 2.47. The van der Waals surface area contributed by atoms with Crippen LogP contribution in [0.15, 0.2) is 42.7 Å². The van der Waals surface area contributed by atoms with Crippen molar-refractivity contribution in [3.05, 3.63) is 53.9 Å². The van der Waals surface area contributed by atoms with Crippen molar-refractivity contribution in [3.8, 4) is 11.1 Å². The summed E-state index contributed by atoms with van der Waals surface area (Å²) in [6, 6.07) is 8.27. The molecule has 0 saturated carbocycles. The number of aromatic carboxylic acids is 1. The summed E-state index contributed by atoms with van der Waals surface area (Å²) >= 11 is 0. The maximum Gasteiger partial charge on any atom is 0.335 e. The first-order chi connectivity index (χ1) is 9.97. The third kappa shape index (κ3) is 3.66. The zero-order valence-corrected chi connectivity index (χ0v) is 11.8. The van der Waals surface area contributed by atoms with Crippen LogP contribution in [0.1, 0.15) is 34.6 Å². The van der Waals surface area contributed by atoms with Gasteiger partial charge in [-0.3, -0.25) is 9.78 Å². The number of carboxylic acids is 1. The number of nitrogens with one attached hydrogen (secondary N) is 1. The summed E-state index contributed by atoms with van der Waals surface area (Å²) in [6.07, 6.45) is 3.09. The van der Waals surface area contributed by atoms with E-state index in [0.29, 0.717) is 16.7 Å². The quantitative estimate of drug-likeness (QED) is 0.904. The minimum absolute atomic E-state index is 0.0384. The smallest absolute Gasteiger partial charge is 0.335 e. The highest BCUT2D eigenvalue weighted by Crippen LogP contribution is 2.20. The van der Waals surface area contributed by atoms with Gasteiger partial charge in [-0.1, -0.05) is 12.1 Å². The van der Waals surface area contributed by atoms with Gasteiger partial charge in [0.25, 0.3) is 5.91 Å². The topological polar surface area (TPSA) is 79.3 Å². The molecule has 1 aromatic carbocycles. The molecule has 0 bridgehead atoms. The molecule has 0 aliphatic heterocycles. The van der Waals surface area contributed by atoms with Gasteiger partial charge in [0.1, 0.15) is 0 Å². The Labute approximate surface area is 122 Å². The van der Waals surface area contributed by atoms with Gasteiger partial charge in [0.2, 0.25) is 0 Å². The Kier molecular flexibility index (Phi) is 4.33. The van der Waals surface area contributed by atoms with Gasteiger partial charge in [0.15, 0.2) is 0 Å². The fraction of sp³-hybridized carbons (Fsp3) is 0.188. The lowest BCUT2D eigenvalue weighted by atomic mass is 10.0. The molecule has 0 aliphatic rings. The molecule has 0 aliphatic carbocycles. The molecule has 1 heterocycles. The SMILES string of the molecule is CC(C)NC(=O)c1cncc(-c2cccc(C(=O)O)c2)c1. The second kappa shape index (κ2) is 6.17. The molecule has 0 saturated heterocycles. The van der Waals surface area contributed by atoms with Crippen molar-refractivity contribution in [1.82, 2.24) is 10.3 Å². The lowest BCUT2D eigenvalue weighted by Gasteiger charge is -2.09. The molecule has 0 radical (unpaired) electrons. The Morgan fingerprint density at radius 2 is 1.81 bits per heavy atom. The second-order valence-corrected chi connectivity index (χ2v) is 4.98. The molecule has 1 amide bonds. The van der Waals surface area contributed by atoms with Crippen molar-refractivity contribution in [1.29, 1.82) is 0 Å². The lowest BCUT2D eigenvalue weighted by molar-refractivity contribution is 0.0696. The first-order valence-corrected chi connectivity index (χ1v) is 6.57. The number of carbonyl (C=O) groups excluding carboxylic acids is 1. The van der Waals surface area contributed by atoms with Crippen LogP contribution in [0.5, 0.6) is 0 Å². The summed E-state index contributed by atoms with van der Waals surface area (Å²) in [5.74, 6) is -1.19. The molecule has 2 N–H and O–H groups in total. The third-order valence-corrected chi connectivity index (χ3v) is 2.86. The minimum Gasteiger partial charge on any atom is -0.478 e. The van der Waals surface area contributed by atoms with E-state index < -0.39 is 5.97 Å². The van der Waals surface area contributed by atoms with Crippen LogP contribution < -0.4 is 5.32 Å². The Morgan fingerprint density at radius 3 is 2.48 bits per heavy atom. The Bertz CT molecular complexity index is 681. The fourth-order valence-electron chi connectivity index (χ4n) is 1.90. The maximum atomic E-state index is 12.0. The summed E-state index contributed by atoms with van der Waals surface area (Å²) < 4.78 is 0. The van der Waals surface area contributed by atoms with Gasteiger partial charge in [0, 0.05) is 24.0 Å². The van der Waals surface area contributed by atoms with Gasteiger partial charge in [0.05, 0.1) is 11.1 Å². The zero-order valence-electron chi connectivity index (χ0n) is 11.8. The predicted octanol–water partition coefficient (Wildman–Crippen LogP) is 2.58. The third-order valence-electron chi connectivity index (χ3n) is 2.86. The highest BCUT2D eigenvalue weighted by molar-refractivity contribution is 5.95.